The smallest absolute Gasteiger partial charge is 0.151 e. The minimum atomic E-state index is 0.795. The van der Waals surface area contributed by atoms with E-state index >= 15 is 0 Å². The van der Waals surface area contributed by atoms with Gasteiger partial charge in [0.15, 0.2) is 5.82 Å². The quantitative estimate of drug-likeness (QED) is 0.831. The Bertz CT molecular complexity index is 341. The number of nitrogens with two attached hydrogens (primary N) is 1. The molecule has 1 saturated heterocycles. The highest BCUT2D eigenvalue weighted by molar-refractivity contribution is 5.62. The Morgan fingerprint density at radius 2 is 2.06 bits per heavy atom. The van der Waals surface area contributed by atoms with Crippen molar-refractivity contribution in [2.75, 3.05) is 23.7 Å². The molecule has 0 aromatic carbocycles. The van der Waals surface area contributed by atoms with E-state index in [0.29, 0.717) is 0 Å². The van der Waals surface area contributed by atoms with Gasteiger partial charge < -0.3 is 10.6 Å². The number of nitrogens with zero attached hydrogens (tertiary/aromatic N) is 2. The average molecular weight is 219 g/mol. The van der Waals surface area contributed by atoms with Crippen LogP contribution in [0.1, 0.15) is 26.7 Å². The van der Waals surface area contributed by atoms with Gasteiger partial charge in [-0.15, -0.1) is 0 Å². The molecule has 3 heteroatoms. The Labute approximate surface area is 97.7 Å². The van der Waals surface area contributed by atoms with Crippen molar-refractivity contribution in [2.24, 2.45) is 11.8 Å². The molecule has 1 aromatic heterocycles. The van der Waals surface area contributed by atoms with Crippen LogP contribution >= 0.6 is 0 Å². The molecule has 0 amide bonds. The summed E-state index contributed by atoms with van der Waals surface area (Å²) >= 11 is 0. The number of piperidine rings is 1. The highest BCUT2D eigenvalue weighted by atomic mass is 15.2. The van der Waals surface area contributed by atoms with Gasteiger partial charge in [0.25, 0.3) is 0 Å². The monoisotopic (exact) mass is 219 g/mol. The second-order valence-corrected chi connectivity index (χ2v) is 4.98. The van der Waals surface area contributed by atoms with Gasteiger partial charge in [-0.2, -0.15) is 0 Å². The lowest BCUT2D eigenvalue weighted by Gasteiger charge is -2.35. The molecule has 1 aliphatic heterocycles. The minimum Gasteiger partial charge on any atom is -0.396 e. The fourth-order valence-corrected chi connectivity index (χ4v) is 2.45. The van der Waals surface area contributed by atoms with Crippen LogP contribution in [0.15, 0.2) is 18.3 Å². The van der Waals surface area contributed by atoms with Crippen LogP contribution in [0.25, 0.3) is 0 Å². The van der Waals surface area contributed by atoms with Gasteiger partial charge in [-0.1, -0.05) is 13.8 Å². The van der Waals surface area contributed by atoms with Gasteiger partial charge in [-0.05, 0) is 36.8 Å². The van der Waals surface area contributed by atoms with Crippen molar-refractivity contribution in [3.05, 3.63) is 18.3 Å². The van der Waals surface area contributed by atoms with Crippen LogP contribution < -0.4 is 10.6 Å². The maximum atomic E-state index is 5.94. The third-order valence-corrected chi connectivity index (χ3v) is 3.60. The molecule has 1 fully saturated rings. The molecule has 0 saturated carbocycles. The van der Waals surface area contributed by atoms with Crippen LogP contribution in [0, 0.1) is 11.8 Å². The van der Waals surface area contributed by atoms with Gasteiger partial charge in [0, 0.05) is 19.3 Å². The molecule has 0 atom stereocenters. The Morgan fingerprint density at radius 3 is 2.62 bits per heavy atom. The third kappa shape index (κ3) is 2.29. The molecule has 88 valence electrons. The number of nitrogen functional groups attached to an aromatic ring is 1. The number of rotatable bonds is 2. The van der Waals surface area contributed by atoms with E-state index in [2.05, 4.69) is 23.7 Å². The Balaban J connectivity index is 2.02. The van der Waals surface area contributed by atoms with Gasteiger partial charge in [0.1, 0.15) is 0 Å². The number of hydrogen-bond donors (Lipinski definition) is 1. The van der Waals surface area contributed by atoms with Crippen molar-refractivity contribution < 1.29 is 0 Å². The standard InChI is InChI=1S/C13H21N3/c1-10(2)11-5-8-16(9-6-11)13-12(14)4-3-7-15-13/h3-4,7,10-11H,5-6,8-9,14H2,1-2H3. The minimum absolute atomic E-state index is 0.795. The summed E-state index contributed by atoms with van der Waals surface area (Å²) in [6.45, 7) is 6.80. The summed E-state index contributed by atoms with van der Waals surface area (Å²) in [5.74, 6) is 2.62. The van der Waals surface area contributed by atoms with Crippen LogP contribution in [0.2, 0.25) is 0 Å². The first kappa shape index (κ1) is 11.2. The van der Waals surface area contributed by atoms with Gasteiger partial charge in [0.05, 0.1) is 5.69 Å². The third-order valence-electron chi connectivity index (χ3n) is 3.60. The fourth-order valence-electron chi connectivity index (χ4n) is 2.45. The summed E-state index contributed by atoms with van der Waals surface area (Å²) in [6.07, 6.45) is 4.33. The number of hydrogen-bond acceptors (Lipinski definition) is 3. The van der Waals surface area contributed by atoms with Crippen molar-refractivity contribution >= 4 is 11.5 Å². The SMILES string of the molecule is CC(C)C1CCN(c2ncccc2N)CC1. The first-order valence-corrected chi connectivity index (χ1v) is 6.14. The van der Waals surface area contributed by atoms with Gasteiger partial charge in [-0.3, -0.25) is 0 Å². The van der Waals surface area contributed by atoms with Gasteiger partial charge >= 0.3 is 0 Å². The lowest BCUT2D eigenvalue weighted by atomic mass is 9.87. The molecule has 0 unspecified atom stereocenters. The van der Waals surface area contributed by atoms with Crippen molar-refractivity contribution in [3.8, 4) is 0 Å². The van der Waals surface area contributed by atoms with Crippen molar-refractivity contribution in [2.45, 2.75) is 26.7 Å². The Hall–Kier alpha value is -1.25. The molecule has 1 aliphatic rings. The molecule has 1 aromatic rings. The largest absolute Gasteiger partial charge is 0.396 e. The van der Waals surface area contributed by atoms with E-state index in [-0.39, 0.29) is 0 Å². The first-order valence-electron chi connectivity index (χ1n) is 6.14. The topological polar surface area (TPSA) is 42.2 Å². The van der Waals surface area contributed by atoms with Crippen molar-refractivity contribution in [3.63, 3.8) is 0 Å². The zero-order valence-corrected chi connectivity index (χ0v) is 10.2. The number of anilines is 2. The second kappa shape index (κ2) is 4.73. The summed E-state index contributed by atoms with van der Waals surface area (Å²) in [5, 5.41) is 0. The van der Waals surface area contributed by atoms with E-state index in [4.69, 9.17) is 5.73 Å². The first-order chi connectivity index (χ1) is 7.68. The van der Waals surface area contributed by atoms with E-state index in [1.165, 1.54) is 12.8 Å². The van der Waals surface area contributed by atoms with E-state index in [1.807, 2.05) is 18.3 Å². The lowest BCUT2D eigenvalue weighted by molar-refractivity contribution is 0.311. The molecule has 0 radical (unpaired) electrons. The maximum Gasteiger partial charge on any atom is 0.151 e. The van der Waals surface area contributed by atoms with Crippen LogP contribution in [-0.4, -0.2) is 18.1 Å². The van der Waals surface area contributed by atoms with Crippen LogP contribution in [-0.2, 0) is 0 Å². The van der Waals surface area contributed by atoms with E-state index in [9.17, 15) is 0 Å². The van der Waals surface area contributed by atoms with Crippen molar-refractivity contribution in [1.82, 2.24) is 4.98 Å². The molecule has 0 aliphatic carbocycles. The van der Waals surface area contributed by atoms with Crippen LogP contribution in [0.5, 0.6) is 0 Å². The molecule has 0 bridgehead atoms. The van der Waals surface area contributed by atoms with Crippen LogP contribution in [0.3, 0.4) is 0 Å². The molecule has 0 spiro atoms. The Morgan fingerprint density at radius 1 is 1.38 bits per heavy atom. The molecule has 16 heavy (non-hydrogen) atoms. The molecule has 2 rings (SSSR count). The highest BCUT2D eigenvalue weighted by Crippen LogP contribution is 2.28. The summed E-state index contributed by atoms with van der Waals surface area (Å²) < 4.78 is 0. The average Bonchev–Trinajstić information content (AvgIpc) is 2.30. The number of pyridine rings is 1. The Kier molecular flexibility index (Phi) is 3.32. The molecule has 2 heterocycles. The molecule has 3 nitrogen and oxygen atoms in total. The number of aromatic nitrogens is 1. The van der Waals surface area contributed by atoms with Gasteiger partial charge in [-0.25, -0.2) is 4.98 Å². The summed E-state index contributed by atoms with van der Waals surface area (Å²) in [4.78, 5) is 6.69. The van der Waals surface area contributed by atoms with Crippen molar-refractivity contribution in [1.29, 1.82) is 0 Å². The molecular weight excluding hydrogens is 198 g/mol. The zero-order chi connectivity index (χ0) is 11.5. The zero-order valence-electron chi connectivity index (χ0n) is 10.2. The predicted molar refractivity (Wildman–Crippen MR) is 68.4 cm³/mol. The highest BCUT2D eigenvalue weighted by Gasteiger charge is 2.22. The maximum absolute atomic E-state index is 5.94. The van der Waals surface area contributed by atoms with E-state index < -0.39 is 0 Å². The fraction of sp³-hybridized carbons (Fsp3) is 0.615. The van der Waals surface area contributed by atoms with Gasteiger partial charge in [0.2, 0.25) is 0 Å². The normalized spacial score (nSPS) is 18.1. The van der Waals surface area contributed by atoms with Crippen LogP contribution in [0.4, 0.5) is 11.5 Å². The lowest BCUT2D eigenvalue weighted by Crippen LogP contribution is -2.36. The second-order valence-electron chi connectivity index (χ2n) is 4.98. The summed E-state index contributed by atoms with van der Waals surface area (Å²) in [6, 6.07) is 3.82. The predicted octanol–water partition coefficient (Wildman–Crippen LogP) is 2.54. The van der Waals surface area contributed by atoms with E-state index in [1.54, 1.807) is 0 Å². The van der Waals surface area contributed by atoms with E-state index in [0.717, 1.165) is 36.4 Å². The summed E-state index contributed by atoms with van der Waals surface area (Å²) in [7, 11) is 0. The molecular formula is C13H21N3. The summed E-state index contributed by atoms with van der Waals surface area (Å²) in [5.41, 5.74) is 6.74. The molecule has 2 N–H and O–H groups in total.